The second-order valence-corrected chi connectivity index (χ2v) is 9.26. The summed E-state index contributed by atoms with van der Waals surface area (Å²) in [7, 11) is 0. The molecule has 3 heteroatoms. The van der Waals surface area contributed by atoms with Crippen LogP contribution in [-0.2, 0) is 9.59 Å². The zero-order chi connectivity index (χ0) is 15.7. The van der Waals surface area contributed by atoms with E-state index >= 15 is 0 Å². The van der Waals surface area contributed by atoms with Crippen LogP contribution in [0.25, 0.3) is 0 Å². The van der Waals surface area contributed by atoms with Gasteiger partial charge in [0.2, 0.25) is 0 Å². The highest BCUT2D eigenvalue weighted by atomic mass is 79.9. The molecule has 0 aromatic heterocycles. The van der Waals surface area contributed by atoms with Crippen molar-refractivity contribution in [3.8, 4) is 0 Å². The monoisotopic (exact) mass is 364 g/mol. The highest BCUT2D eigenvalue weighted by Crippen LogP contribution is 2.65. The van der Waals surface area contributed by atoms with Gasteiger partial charge in [0.15, 0.2) is 5.78 Å². The number of carbonyl (C=O) groups is 2. The number of ketones is 2. The predicted molar refractivity (Wildman–Crippen MR) is 89.6 cm³/mol. The number of Topliss-reactive ketones (excluding diaryl/α,β-unsaturated/α-hetero) is 2. The van der Waals surface area contributed by atoms with Gasteiger partial charge < -0.3 is 0 Å². The smallest absolute Gasteiger partial charge is 0.169 e. The van der Waals surface area contributed by atoms with Crippen LogP contribution in [0, 0.1) is 28.6 Å². The molecule has 0 bridgehead atoms. The minimum Gasteiger partial charge on any atom is -0.299 e. The van der Waals surface area contributed by atoms with Gasteiger partial charge in [0.25, 0.3) is 0 Å². The van der Waals surface area contributed by atoms with Gasteiger partial charge in [-0.05, 0) is 83.2 Å². The maximum absolute atomic E-state index is 12.4. The predicted octanol–water partition coefficient (Wildman–Crippen LogP) is 4.81. The number of rotatable bonds is 0. The van der Waals surface area contributed by atoms with Crippen LogP contribution in [0.3, 0.4) is 0 Å². The van der Waals surface area contributed by atoms with Crippen LogP contribution < -0.4 is 0 Å². The molecule has 120 valence electrons. The molecular formula is C19H25BrO2. The summed E-state index contributed by atoms with van der Waals surface area (Å²) in [6.45, 7) is 4.63. The normalized spacial score (nSPS) is 48.0. The van der Waals surface area contributed by atoms with Crippen LogP contribution >= 0.6 is 15.9 Å². The minimum absolute atomic E-state index is 0.0412. The van der Waals surface area contributed by atoms with Gasteiger partial charge in [-0.1, -0.05) is 13.8 Å². The van der Waals surface area contributed by atoms with E-state index in [1.54, 1.807) is 0 Å². The minimum atomic E-state index is -0.0412. The largest absolute Gasteiger partial charge is 0.299 e. The first-order valence-corrected chi connectivity index (χ1v) is 9.63. The molecule has 2 nitrogen and oxygen atoms in total. The maximum atomic E-state index is 12.4. The molecule has 3 fully saturated rings. The van der Waals surface area contributed by atoms with E-state index in [1.807, 2.05) is 0 Å². The molecule has 0 unspecified atom stereocenters. The Hall–Kier alpha value is -0.440. The third-order valence-electron chi connectivity index (χ3n) is 7.76. The van der Waals surface area contributed by atoms with E-state index in [-0.39, 0.29) is 10.8 Å². The number of hydrogen-bond donors (Lipinski definition) is 0. The third-order valence-corrected chi connectivity index (χ3v) is 8.68. The van der Waals surface area contributed by atoms with Crippen molar-refractivity contribution < 1.29 is 9.59 Å². The summed E-state index contributed by atoms with van der Waals surface area (Å²) in [5.41, 5.74) is 1.53. The summed E-state index contributed by atoms with van der Waals surface area (Å²) in [5.74, 6) is 2.76. The summed E-state index contributed by atoms with van der Waals surface area (Å²) < 4.78 is 0.885. The Kier molecular flexibility index (Phi) is 3.28. The van der Waals surface area contributed by atoms with Crippen LogP contribution in [0.15, 0.2) is 10.1 Å². The first-order chi connectivity index (χ1) is 10.4. The Morgan fingerprint density at radius 3 is 2.41 bits per heavy atom. The topological polar surface area (TPSA) is 34.1 Å². The number of hydrogen-bond acceptors (Lipinski definition) is 2. The molecule has 4 rings (SSSR count). The molecule has 0 aliphatic heterocycles. The Morgan fingerprint density at radius 1 is 0.909 bits per heavy atom. The maximum Gasteiger partial charge on any atom is 0.169 e. The standard InChI is InChI=1S/C19H25BrO2/c1-18-10-8-15(21)17(20)14(18)4-3-11-12-5-6-16(22)19(12,2)9-7-13(11)18/h11-13H,3-10H2,1-2H3/t11-,12-,13-,18+,19-/m0/s1. The summed E-state index contributed by atoms with van der Waals surface area (Å²) in [6.07, 6.45) is 8.04. The Bertz CT molecular complexity index is 592. The van der Waals surface area contributed by atoms with Gasteiger partial charge in [-0.25, -0.2) is 0 Å². The molecule has 5 atom stereocenters. The second kappa shape index (κ2) is 4.78. The molecule has 4 aliphatic rings. The van der Waals surface area contributed by atoms with Crippen molar-refractivity contribution in [1.82, 2.24) is 0 Å². The molecule has 4 aliphatic carbocycles. The number of allylic oxidation sites excluding steroid dienone is 1. The lowest BCUT2D eigenvalue weighted by Gasteiger charge is -2.57. The molecule has 22 heavy (non-hydrogen) atoms. The summed E-state index contributed by atoms with van der Waals surface area (Å²) in [5, 5.41) is 0. The van der Waals surface area contributed by atoms with Gasteiger partial charge in [0.05, 0.1) is 4.48 Å². The molecular weight excluding hydrogens is 340 g/mol. The van der Waals surface area contributed by atoms with Crippen LogP contribution in [0.1, 0.15) is 65.2 Å². The Morgan fingerprint density at radius 2 is 1.64 bits per heavy atom. The Labute approximate surface area is 141 Å². The number of fused-ring (bicyclic) bond motifs is 5. The highest BCUT2D eigenvalue weighted by molar-refractivity contribution is 9.12. The van der Waals surface area contributed by atoms with Crippen molar-refractivity contribution in [2.24, 2.45) is 28.6 Å². The van der Waals surface area contributed by atoms with Crippen LogP contribution in [0.5, 0.6) is 0 Å². The van der Waals surface area contributed by atoms with Gasteiger partial charge in [0, 0.05) is 18.3 Å². The molecule has 0 aromatic rings. The molecule has 3 saturated carbocycles. The molecule has 0 radical (unpaired) electrons. The Balaban J connectivity index is 1.73. The van der Waals surface area contributed by atoms with E-state index < -0.39 is 0 Å². The van der Waals surface area contributed by atoms with Crippen LogP contribution in [-0.4, -0.2) is 11.6 Å². The summed E-state index contributed by atoms with van der Waals surface area (Å²) in [4.78, 5) is 24.5. The van der Waals surface area contributed by atoms with Crippen LogP contribution in [0.4, 0.5) is 0 Å². The van der Waals surface area contributed by atoms with Gasteiger partial charge in [-0.15, -0.1) is 0 Å². The lowest BCUT2D eigenvalue weighted by molar-refractivity contribution is -0.132. The number of halogens is 1. The average molecular weight is 365 g/mol. The fourth-order valence-corrected chi connectivity index (χ4v) is 7.27. The van der Waals surface area contributed by atoms with Gasteiger partial charge in [0.1, 0.15) is 5.78 Å². The van der Waals surface area contributed by atoms with Crippen molar-refractivity contribution >= 4 is 27.5 Å². The molecule has 0 N–H and O–H groups in total. The molecule has 0 heterocycles. The van der Waals surface area contributed by atoms with E-state index in [0.717, 1.165) is 43.0 Å². The molecule has 0 spiro atoms. The van der Waals surface area contributed by atoms with E-state index in [2.05, 4.69) is 29.8 Å². The average Bonchev–Trinajstić information content (AvgIpc) is 2.79. The van der Waals surface area contributed by atoms with Crippen molar-refractivity contribution in [1.29, 1.82) is 0 Å². The zero-order valence-electron chi connectivity index (χ0n) is 13.6. The van der Waals surface area contributed by atoms with Crippen LogP contribution in [0.2, 0.25) is 0 Å². The highest BCUT2D eigenvalue weighted by Gasteiger charge is 2.59. The van der Waals surface area contributed by atoms with E-state index in [4.69, 9.17) is 0 Å². The van der Waals surface area contributed by atoms with Gasteiger partial charge in [-0.3, -0.25) is 9.59 Å². The van der Waals surface area contributed by atoms with Crippen molar-refractivity contribution in [3.05, 3.63) is 10.1 Å². The van der Waals surface area contributed by atoms with Crippen molar-refractivity contribution in [3.63, 3.8) is 0 Å². The lowest BCUT2D eigenvalue weighted by Crippen LogP contribution is -2.50. The lowest BCUT2D eigenvalue weighted by atomic mass is 9.47. The second-order valence-electron chi connectivity index (χ2n) is 8.47. The van der Waals surface area contributed by atoms with E-state index in [0.29, 0.717) is 35.7 Å². The quantitative estimate of drug-likeness (QED) is 0.617. The SMILES string of the molecule is C[C@]12CCC(=O)C(Br)=C1CC[C@@H]1[C@@H]2CC[C@]2(C)C(=O)CC[C@@H]12. The molecule has 0 amide bonds. The zero-order valence-corrected chi connectivity index (χ0v) is 15.2. The third kappa shape index (κ3) is 1.78. The summed E-state index contributed by atoms with van der Waals surface area (Å²) in [6, 6.07) is 0. The van der Waals surface area contributed by atoms with Gasteiger partial charge >= 0.3 is 0 Å². The number of carbonyl (C=O) groups excluding carboxylic acids is 2. The molecule has 0 saturated heterocycles. The molecule has 0 aromatic carbocycles. The van der Waals surface area contributed by atoms with Crippen molar-refractivity contribution in [2.75, 3.05) is 0 Å². The van der Waals surface area contributed by atoms with E-state index in [9.17, 15) is 9.59 Å². The summed E-state index contributed by atoms with van der Waals surface area (Å²) >= 11 is 3.60. The fourth-order valence-electron chi connectivity index (χ4n) is 6.42. The first kappa shape index (κ1) is 15.1. The fraction of sp³-hybridized carbons (Fsp3) is 0.789. The first-order valence-electron chi connectivity index (χ1n) is 8.83. The van der Waals surface area contributed by atoms with Crippen molar-refractivity contribution in [2.45, 2.75) is 65.2 Å². The van der Waals surface area contributed by atoms with E-state index in [1.165, 1.54) is 12.0 Å². The van der Waals surface area contributed by atoms with Gasteiger partial charge in [-0.2, -0.15) is 0 Å².